The molecule has 1 aromatic carbocycles. The van der Waals surface area contributed by atoms with E-state index in [4.69, 9.17) is 0 Å². The molecule has 2 N–H and O–H groups in total. The van der Waals surface area contributed by atoms with Crippen molar-refractivity contribution in [3.63, 3.8) is 0 Å². The highest BCUT2D eigenvalue weighted by Gasteiger charge is 2.28. The van der Waals surface area contributed by atoms with Gasteiger partial charge in [-0.15, -0.1) is 0 Å². The second kappa shape index (κ2) is 9.55. The maximum Gasteiger partial charge on any atom is 0.229 e. The Morgan fingerprint density at radius 1 is 1.33 bits per heavy atom. The normalized spacial score (nSPS) is 18.2. The average molecular weight is 433 g/mol. The minimum absolute atomic E-state index is 0.0445. The lowest BCUT2D eigenvalue weighted by atomic mass is 10.0. The fourth-order valence-corrected chi connectivity index (χ4v) is 4.26. The van der Waals surface area contributed by atoms with E-state index in [1.165, 1.54) is 12.4 Å². The van der Waals surface area contributed by atoms with Crippen LogP contribution in [0.1, 0.15) is 23.6 Å². The van der Waals surface area contributed by atoms with Crippen molar-refractivity contribution in [1.82, 2.24) is 14.8 Å². The number of rotatable bonds is 8. The van der Waals surface area contributed by atoms with Gasteiger partial charge in [0.1, 0.15) is 0 Å². The highest BCUT2D eigenvalue weighted by Crippen LogP contribution is 2.25. The number of aromatic nitrogens is 1. The number of carbonyl (C=O) groups excluding carboxylic acids is 1. The fraction of sp³-hybridized carbons (Fsp3) is 0.429. The van der Waals surface area contributed by atoms with Gasteiger partial charge in [0.15, 0.2) is 0 Å². The van der Waals surface area contributed by atoms with Gasteiger partial charge in [-0.1, -0.05) is 30.3 Å². The molecule has 1 amide bonds. The summed E-state index contributed by atoms with van der Waals surface area (Å²) >= 11 is 0. The molecule has 2 aromatic rings. The molecule has 2 atom stereocenters. The first kappa shape index (κ1) is 22.2. The molecule has 0 spiro atoms. The number of anilines is 1. The van der Waals surface area contributed by atoms with Gasteiger partial charge in [-0.25, -0.2) is 8.42 Å². The Morgan fingerprint density at radius 2 is 2.07 bits per heavy atom. The second-order valence-electron chi connectivity index (χ2n) is 7.72. The lowest BCUT2D eigenvalue weighted by Gasteiger charge is -2.32. The summed E-state index contributed by atoms with van der Waals surface area (Å²) in [6.45, 7) is 2.01. The lowest BCUT2D eigenvalue weighted by Crippen LogP contribution is -2.39. The third-order valence-corrected chi connectivity index (χ3v) is 5.86. The van der Waals surface area contributed by atoms with Crippen LogP contribution in [0.2, 0.25) is 0 Å². The predicted octanol–water partition coefficient (Wildman–Crippen LogP) is 1.26. The highest BCUT2D eigenvalue weighted by molar-refractivity contribution is 7.92. The summed E-state index contributed by atoms with van der Waals surface area (Å²) in [6, 6.07) is 11.3. The molecule has 1 aliphatic rings. The van der Waals surface area contributed by atoms with E-state index < -0.39 is 10.0 Å². The molecular formula is C21H28N4O4S. The first-order valence-electron chi connectivity index (χ1n) is 9.84. The summed E-state index contributed by atoms with van der Waals surface area (Å²) < 4.78 is 25.7. The van der Waals surface area contributed by atoms with Crippen molar-refractivity contribution in [2.24, 2.45) is 0 Å². The van der Waals surface area contributed by atoms with Crippen molar-refractivity contribution in [1.29, 1.82) is 0 Å². The molecule has 1 saturated heterocycles. The van der Waals surface area contributed by atoms with Gasteiger partial charge in [0.25, 0.3) is 0 Å². The number of likely N-dealkylation sites (tertiary alicyclic amines) is 1. The van der Waals surface area contributed by atoms with E-state index in [1.54, 1.807) is 18.0 Å². The highest BCUT2D eigenvalue weighted by atomic mass is 32.2. The van der Waals surface area contributed by atoms with Crippen molar-refractivity contribution in [3.8, 4) is 0 Å². The molecule has 162 valence electrons. The van der Waals surface area contributed by atoms with Gasteiger partial charge in [-0.3, -0.25) is 19.4 Å². The van der Waals surface area contributed by atoms with Crippen LogP contribution in [0.4, 0.5) is 5.69 Å². The Labute approximate surface area is 177 Å². The number of carbonyl (C=O) groups is 1. The van der Waals surface area contributed by atoms with Crippen molar-refractivity contribution < 1.29 is 18.3 Å². The fourth-order valence-electron chi connectivity index (χ4n) is 3.68. The summed E-state index contributed by atoms with van der Waals surface area (Å²) in [7, 11) is -1.72. The number of amides is 1. The molecule has 2 unspecified atom stereocenters. The smallest absolute Gasteiger partial charge is 0.229 e. The van der Waals surface area contributed by atoms with Crippen molar-refractivity contribution in [2.45, 2.75) is 25.0 Å². The maximum atomic E-state index is 13.1. The van der Waals surface area contributed by atoms with E-state index in [-0.39, 0.29) is 24.5 Å². The number of aliphatic hydroxyl groups excluding tert-OH is 1. The Morgan fingerprint density at radius 3 is 2.70 bits per heavy atom. The van der Waals surface area contributed by atoms with E-state index in [0.29, 0.717) is 24.3 Å². The van der Waals surface area contributed by atoms with Crippen LogP contribution in [0.25, 0.3) is 0 Å². The van der Waals surface area contributed by atoms with Crippen LogP contribution < -0.4 is 4.72 Å². The monoisotopic (exact) mass is 432 g/mol. The third-order valence-electron chi connectivity index (χ3n) is 5.27. The SMILES string of the molecule is CN(C(=O)Cc1ccncc1NS(C)(=O)=O)C(CN1CCC(O)C1)c1ccccc1. The van der Waals surface area contributed by atoms with Gasteiger partial charge in [0.05, 0.1) is 36.7 Å². The summed E-state index contributed by atoms with van der Waals surface area (Å²) in [4.78, 5) is 21.0. The van der Waals surface area contributed by atoms with Crippen molar-refractivity contribution >= 4 is 21.6 Å². The third kappa shape index (κ3) is 6.01. The van der Waals surface area contributed by atoms with Crippen molar-refractivity contribution in [2.75, 3.05) is 37.7 Å². The number of aliphatic hydroxyl groups is 1. The van der Waals surface area contributed by atoms with Crippen LogP contribution in [-0.2, 0) is 21.2 Å². The number of pyridine rings is 1. The van der Waals surface area contributed by atoms with Crippen LogP contribution in [0, 0.1) is 0 Å². The number of nitrogens with zero attached hydrogens (tertiary/aromatic N) is 3. The Balaban J connectivity index is 1.79. The topological polar surface area (TPSA) is 103 Å². The Bertz CT molecular complexity index is 968. The van der Waals surface area contributed by atoms with Crippen molar-refractivity contribution in [3.05, 3.63) is 59.9 Å². The van der Waals surface area contributed by atoms with Crippen LogP contribution >= 0.6 is 0 Å². The van der Waals surface area contributed by atoms with E-state index in [0.717, 1.165) is 24.8 Å². The molecule has 0 radical (unpaired) electrons. The molecular weight excluding hydrogens is 404 g/mol. The Hall–Kier alpha value is -2.49. The first-order chi connectivity index (χ1) is 14.2. The number of likely N-dealkylation sites (N-methyl/N-ethyl adjacent to an activating group) is 1. The summed E-state index contributed by atoms with van der Waals surface area (Å²) in [6.07, 6.45) is 4.46. The van der Waals surface area contributed by atoms with Gasteiger partial charge >= 0.3 is 0 Å². The molecule has 2 heterocycles. The van der Waals surface area contributed by atoms with E-state index >= 15 is 0 Å². The number of nitrogens with one attached hydrogen (secondary N) is 1. The molecule has 1 aromatic heterocycles. The van der Waals surface area contributed by atoms with Crippen LogP contribution in [0.15, 0.2) is 48.8 Å². The van der Waals surface area contributed by atoms with Gasteiger partial charge in [-0.2, -0.15) is 0 Å². The number of hydrogen-bond donors (Lipinski definition) is 2. The number of hydrogen-bond acceptors (Lipinski definition) is 6. The van der Waals surface area contributed by atoms with E-state index in [1.807, 2.05) is 30.3 Å². The maximum absolute atomic E-state index is 13.1. The lowest BCUT2D eigenvalue weighted by molar-refractivity contribution is -0.131. The number of β-amino-alcohol motifs (C(OH)–C–C–N with tert-alkyl or cyclic N) is 1. The standard InChI is InChI=1S/C21H28N4O4S/c1-24(21(27)12-17-8-10-22-13-19(17)23-30(2,28)29)20(16-6-4-3-5-7-16)15-25-11-9-18(26)14-25/h3-8,10,13,18,20,23,26H,9,11-12,14-15H2,1-2H3. The predicted molar refractivity (Wildman–Crippen MR) is 115 cm³/mol. The molecule has 8 nitrogen and oxygen atoms in total. The number of sulfonamides is 1. The molecule has 30 heavy (non-hydrogen) atoms. The molecule has 1 fully saturated rings. The summed E-state index contributed by atoms with van der Waals surface area (Å²) in [5.74, 6) is -0.133. The molecule has 0 aliphatic carbocycles. The molecule has 3 rings (SSSR count). The molecule has 9 heteroatoms. The largest absolute Gasteiger partial charge is 0.392 e. The van der Waals surface area contributed by atoms with Gasteiger partial charge < -0.3 is 10.0 Å². The average Bonchev–Trinajstić information content (AvgIpc) is 3.11. The van der Waals surface area contributed by atoms with Crippen LogP contribution in [0.5, 0.6) is 0 Å². The van der Waals surface area contributed by atoms with Crippen LogP contribution in [-0.4, -0.2) is 73.3 Å². The van der Waals surface area contributed by atoms with Gasteiger partial charge in [0.2, 0.25) is 15.9 Å². The quantitative estimate of drug-likeness (QED) is 0.651. The minimum Gasteiger partial charge on any atom is -0.392 e. The summed E-state index contributed by atoms with van der Waals surface area (Å²) in [5.41, 5.74) is 1.88. The molecule has 1 aliphatic heterocycles. The number of benzene rings is 1. The summed E-state index contributed by atoms with van der Waals surface area (Å²) in [5, 5.41) is 9.86. The zero-order chi connectivity index (χ0) is 21.7. The van der Waals surface area contributed by atoms with Gasteiger partial charge in [-0.05, 0) is 23.6 Å². The minimum atomic E-state index is -3.48. The van der Waals surface area contributed by atoms with Gasteiger partial charge in [0, 0.05) is 32.9 Å². The molecule has 0 bridgehead atoms. The van der Waals surface area contributed by atoms with E-state index in [2.05, 4.69) is 14.6 Å². The van der Waals surface area contributed by atoms with E-state index in [9.17, 15) is 18.3 Å². The Kier molecular flexibility index (Phi) is 7.06. The zero-order valence-corrected chi connectivity index (χ0v) is 18.0. The second-order valence-corrected chi connectivity index (χ2v) is 9.47. The van der Waals surface area contributed by atoms with Crippen LogP contribution in [0.3, 0.4) is 0 Å². The zero-order valence-electron chi connectivity index (χ0n) is 17.2. The first-order valence-corrected chi connectivity index (χ1v) is 11.7. The molecule has 0 saturated carbocycles.